The van der Waals surface area contributed by atoms with Gasteiger partial charge >= 0.3 is 6.18 Å². The third-order valence-corrected chi connectivity index (χ3v) is 3.69. The Kier molecular flexibility index (Phi) is 3.45. The van der Waals surface area contributed by atoms with Crippen molar-refractivity contribution < 1.29 is 13.2 Å². The number of hydrogen-bond donors (Lipinski definition) is 1. The van der Waals surface area contributed by atoms with Gasteiger partial charge in [0.15, 0.2) is 0 Å². The van der Waals surface area contributed by atoms with Gasteiger partial charge in [0.1, 0.15) is 0 Å². The van der Waals surface area contributed by atoms with Crippen molar-refractivity contribution in [3.8, 4) is 0 Å². The summed E-state index contributed by atoms with van der Waals surface area (Å²) < 4.78 is 37.3. The number of halogens is 3. The molecule has 5 heteroatoms. The van der Waals surface area contributed by atoms with Crippen molar-refractivity contribution in [1.29, 1.82) is 0 Å². The Hall–Kier alpha value is -1.33. The maximum absolute atomic E-state index is 12.4. The average Bonchev–Trinajstić information content (AvgIpc) is 2.73. The molecule has 0 radical (unpaired) electrons. The van der Waals surface area contributed by atoms with E-state index in [1.807, 2.05) is 18.4 Å². The minimum absolute atomic E-state index is 0.376. The van der Waals surface area contributed by atoms with E-state index in [1.54, 1.807) is 11.3 Å². The minimum Gasteiger partial charge on any atom is -0.320 e. The summed E-state index contributed by atoms with van der Waals surface area (Å²) in [5, 5.41) is 1.93. The van der Waals surface area contributed by atoms with Crippen molar-refractivity contribution in [2.24, 2.45) is 5.73 Å². The van der Waals surface area contributed by atoms with Crippen molar-refractivity contribution in [3.63, 3.8) is 0 Å². The van der Waals surface area contributed by atoms with Crippen LogP contribution in [0.2, 0.25) is 0 Å². The molecule has 0 saturated carbocycles. The Labute approximate surface area is 107 Å². The summed E-state index contributed by atoms with van der Waals surface area (Å²) >= 11 is 1.57. The smallest absolute Gasteiger partial charge is 0.320 e. The molecule has 0 bridgehead atoms. The predicted octanol–water partition coefficient (Wildman–Crippen LogP) is 4.12. The largest absolute Gasteiger partial charge is 0.416 e. The predicted molar refractivity (Wildman–Crippen MR) is 66.5 cm³/mol. The summed E-state index contributed by atoms with van der Waals surface area (Å²) in [5.41, 5.74) is 7.04. The van der Waals surface area contributed by atoms with E-state index in [-0.39, 0.29) is 6.04 Å². The molecule has 1 heterocycles. The van der Waals surface area contributed by atoms with E-state index in [9.17, 15) is 13.2 Å². The van der Waals surface area contributed by atoms with Crippen LogP contribution in [0, 0.1) is 6.92 Å². The highest BCUT2D eigenvalue weighted by Gasteiger charge is 2.30. The molecular formula is C13H12F3NS. The lowest BCUT2D eigenvalue weighted by Gasteiger charge is -2.13. The van der Waals surface area contributed by atoms with Crippen molar-refractivity contribution in [2.45, 2.75) is 19.1 Å². The van der Waals surface area contributed by atoms with E-state index in [0.717, 1.165) is 22.6 Å². The molecule has 0 aliphatic rings. The zero-order valence-electron chi connectivity index (χ0n) is 9.66. The molecule has 0 aliphatic heterocycles. The number of hydrogen-bond acceptors (Lipinski definition) is 2. The normalized spacial score (nSPS) is 13.6. The fourth-order valence-electron chi connectivity index (χ4n) is 1.78. The van der Waals surface area contributed by atoms with Crippen LogP contribution in [0.15, 0.2) is 35.7 Å². The molecular weight excluding hydrogens is 259 g/mol. The maximum atomic E-state index is 12.4. The van der Waals surface area contributed by atoms with Gasteiger partial charge in [0.05, 0.1) is 11.6 Å². The number of benzene rings is 1. The van der Waals surface area contributed by atoms with E-state index >= 15 is 0 Å². The summed E-state index contributed by atoms with van der Waals surface area (Å²) in [6, 6.07) is 6.53. The monoisotopic (exact) mass is 271 g/mol. The lowest BCUT2D eigenvalue weighted by atomic mass is 9.99. The van der Waals surface area contributed by atoms with Gasteiger partial charge in [-0.15, -0.1) is 11.3 Å². The van der Waals surface area contributed by atoms with Gasteiger partial charge in [0.2, 0.25) is 0 Å². The van der Waals surface area contributed by atoms with E-state index in [0.29, 0.717) is 5.56 Å². The average molecular weight is 271 g/mol. The molecule has 0 spiro atoms. The summed E-state index contributed by atoms with van der Waals surface area (Å²) in [6.45, 7) is 1.95. The second-order valence-corrected chi connectivity index (χ2v) is 5.15. The molecule has 1 unspecified atom stereocenters. The van der Waals surface area contributed by atoms with Crippen LogP contribution in [0.4, 0.5) is 13.2 Å². The number of nitrogens with two attached hydrogens (primary N) is 1. The van der Waals surface area contributed by atoms with Crippen molar-refractivity contribution in [2.75, 3.05) is 0 Å². The van der Waals surface area contributed by atoms with Gasteiger partial charge in [-0.25, -0.2) is 0 Å². The number of thiophene rings is 1. The van der Waals surface area contributed by atoms with Crippen LogP contribution in [0.25, 0.3) is 0 Å². The Balaban J connectivity index is 2.28. The first kappa shape index (κ1) is 13.1. The molecule has 2 aromatic rings. The van der Waals surface area contributed by atoms with Crippen LogP contribution in [-0.2, 0) is 6.18 Å². The topological polar surface area (TPSA) is 26.0 Å². The lowest BCUT2D eigenvalue weighted by Crippen LogP contribution is -2.12. The molecule has 0 aliphatic carbocycles. The fourth-order valence-corrected chi connectivity index (χ4v) is 2.53. The first-order chi connectivity index (χ1) is 8.39. The van der Waals surface area contributed by atoms with Crippen molar-refractivity contribution in [3.05, 3.63) is 57.3 Å². The summed E-state index contributed by atoms with van der Waals surface area (Å²) in [5.74, 6) is 0. The standard InChI is InChI=1S/C13H12F3NS/c1-8-11(6-7-18-8)12(17)9-2-4-10(5-3-9)13(14,15)16/h2-7,12H,17H2,1H3. The fraction of sp³-hybridized carbons (Fsp3) is 0.231. The third kappa shape index (κ3) is 2.57. The van der Waals surface area contributed by atoms with E-state index < -0.39 is 11.7 Å². The number of rotatable bonds is 2. The molecule has 18 heavy (non-hydrogen) atoms. The van der Waals surface area contributed by atoms with Crippen LogP contribution >= 0.6 is 11.3 Å². The van der Waals surface area contributed by atoms with Crippen LogP contribution in [-0.4, -0.2) is 0 Å². The quantitative estimate of drug-likeness (QED) is 0.873. The molecule has 0 fully saturated rings. The van der Waals surface area contributed by atoms with E-state index in [1.165, 1.54) is 12.1 Å². The highest BCUT2D eigenvalue weighted by Crippen LogP contribution is 2.31. The second kappa shape index (κ2) is 4.74. The zero-order valence-corrected chi connectivity index (χ0v) is 10.5. The SMILES string of the molecule is Cc1sccc1C(N)c1ccc(C(F)(F)F)cc1. The van der Waals surface area contributed by atoms with Gasteiger partial charge in [0, 0.05) is 4.88 Å². The van der Waals surface area contributed by atoms with Gasteiger partial charge in [-0.05, 0) is 41.6 Å². The number of aryl methyl sites for hydroxylation is 1. The van der Waals surface area contributed by atoms with Crippen LogP contribution < -0.4 is 5.73 Å². The number of alkyl halides is 3. The zero-order chi connectivity index (χ0) is 13.3. The van der Waals surface area contributed by atoms with Crippen molar-refractivity contribution >= 4 is 11.3 Å². The van der Waals surface area contributed by atoms with Gasteiger partial charge < -0.3 is 5.73 Å². The third-order valence-electron chi connectivity index (χ3n) is 2.83. The van der Waals surface area contributed by atoms with Crippen LogP contribution in [0.5, 0.6) is 0 Å². The molecule has 2 rings (SSSR count). The molecule has 0 amide bonds. The highest BCUT2D eigenvalue weighted by atomic mass is 32.1. The van der Waals surface area contributed by atoms with Gasteiger partial charge in [-0.2, -0.15) is 13.2 Å². The van der Waals surface area contributed by atoms with Gasteiger partial charge in [-0.3, -0.25) is 0 Å². The Morgan fingerprint density at radius 1 is 1.11 bits per heavy atom. The molecule has 1 atom stereocenters. The highest BCUT2D eigenvalue weighted by molar-refractivity contribution is 7.10. The Morgan fingerprint density at radius 3 is 2.17 bits per heavy atom. The van der Waals surface area contributed by atoms with E-state index in [2.05, 4.69) is 0 Å². The van der Waals surface area contributed by atoms with Crippen LogP contribution in [0.3, 0.4) is 0 Å². The second-order valence-electron chi connectivity index (χ2n) is 4.03. The van der Waals surface area contributed by atoms with Gasteiger partial charge in [0.25, 0.3) is 0 Å². The van der Waals surface area contributed by atoms with Gasteiger partial charge in [-0.1, -0.05) is 12.1 Å². The molecule has 1 nitrogen and oxygen atoms in total. The summed E-state index contributed by atoms with van der Waals surface area (Å²) in [6.07, 6.45) is -4.30. The minimum atomic E-state index is -4.30. The van der Waals surface area contributed by atoms with E-state index in [4.69, 9.17) is 5.73 Å². The summed E-state index contributed by atoms with van der Waals surface area (Å²) in [4.78, 5) is 1.09. The Morgan fingerprint density at radius 2 is 1.72 bits per heavy atom. The Bertz CT molecular complexity index is 528. The molecule has 1 aromatic heterocycles. The summed E-state index contributed by atoms with van der Waals surface area (Å²) in [7, 11) is 0. The molecule has 2 N–H and O–H groups in total. The molecule has 96 valence electrons. The molecule has 1 aromatic carbocycles. The first-order valence-electron chi connectivity index (χ1n) is 5.36. The maximum Gasteiger partial charge on any atom is 0.416 e. The lowest BCUT2D eigenvalue weighted by molar-refractivity contribution is -0.137. The molecule has 0 saturated heterocycles. The van der Waals surface area contributed by atoms with Crippen molar-refractivity contribution in [1.82, 2.24) is 0 Å². The first-order valence-corrected chi connectivity index (χ1v) is 6.24. The van der Waals surface area contributed by atoms with Crippen LogP contribution in [0.1, 0.15) is 27.6 Å².